The molecule has 1 heteroatoms. The van der Waals surface area contributed by atoms with Crippen molar-refractivity contribution in [2.75, 3.05) is 4.90 Å². The van der Waals surface area contributed by atoms with Crippen LogP contribution in [0, 0.1) is 0 Å². The van der Waals surface area contributed by atoms with Crippen molar-refractivity contribution in [3.8, 4) is 33.4 Å². The molecule has 0 aliphatic heterocycles. The topological polar surface area (TPSA) is 3.24 Å². The molecule has 0 unspecified atom stereocenters. The van der Waals surface area contributed by atoms with Crippen molar-refractivity contribution in [1.82, 2.24) is 0 Å². The van der Waals surface area contributed by atoms with Crippen molar-refractivity contribution < 1.29 is 0 Å². The van der Waals surface area contributed by atoms with E-state index < -0.39 is 0 Å². The molecule has 0 N–H and O–H groups in total. The average molecular weight is 754 g/mol. The van der Waals surface area contributed by atoms with Crippen LogP contribution >= 0.6 is 0 Å². The van der Waals surface area contributed by atoms with E-state index in [9.17, 15) is 0 Å². The SMILES string of the molecule is C/C=C\C(=C/C)c1ccc(N(c2ccc3c(c2)C(C)(C)c2cc(-c4ccc5ccc6ccccc6c5c4)ccc2-3)c2ccccc2-c2ccccc2)cc1.CC.CC. The van der Waals surface area contributed by atoms with Gasteiger partial charge in [-0.3, -0.25) is 0 Å². The highest BCUT2D eigenvalue weighted by atomic mass is 15.1. The van der Waals surface area contributed by atoms with Gasteiger partial charge in [-0.05, 0) is 128 Å². The molecule has 0 atom stereocenters. The molecule has 0 spiro atoms. The number of anilines is 3. The molecule has 0 amide bonds. The predicted octanol–water partition coefficient (Wildman–Crippen LogP) is 17.1. The maximum Gasteiger partial charge on any atom is 0.0540 e. The highest BCUT2D eigenvalue weighted by Gasteiger charge is 2.36. The molecule has 9 rings (SSSR count). The summed E-state index contributed by atoms with van der Waals surface area (Å²) in [5, 5.41) is 5.14. The maximum absolute atomic E-state index is 2.44. The molecule has 58 heavy (non-hydrogen) atoms. The van der Waals surface area contributed by atoms with Gasteiger partial charge >= 0.3 is 0 Å². The zero-order valence-electron chi connectivity index (χ0n) is 35.3. The second kappa shape index (κ2) is 17.4. The van der Waals surface area contributed by atoms with Crippen LogP contribution in [-0.4, -0.2) is 0 Å². The monoisotopic (exact) mass is 753 g/mol. The van der Waals surface area contributed by atoms with Crippen molar-refractivity contribution in [2.45, 2.75) is 60.8 Å². The summed E-state index contributed by atoms with van der Waals surface area (Å²) < 4.78 is 0. The van der Waals surface area contributed by atoms with E-state index in [0.717, 1.165) is 17.1 Å². The number of benzene rings is 8. The van der Waals surface area contributed by atoms with Crippen LogP contribution in [0.25, 0.3) is 60.5 Å². The van der Waals surface area contributed by atoms with Crippen LogP contribution in [0.1, 0.15) is 72.1 Å². The minimum Gasteiger partial charge on any atom is -0.310 e. The molecule has 8 aromatic carbocycles. The largest absolute Gasteiger partial charge is 0.310 e. The van der Waals surface area contributed by atoms with Gasteiger partial charge in [-0.2, -0.15) is 0 Å². The third-order valence-corrected chi connectivity index (χ3v) is 11.3. The smallest absolute Gasteiger partial charge is 0.0540 e. The number of hydrogen-bond donors (Lipinski definition) is 0. The Balaban J connectivity index is 0.00000124. The van der Waals surface area contributed by atoms with Gasteiger partial charge in [0.05, 0.1) is 5.69 Å². The van der Waals surface area contributed by atoms with Crippen LogP contribution in [0.2, 0.25) is 0 Å². The van der Waals surface area contributed by atoms with Gasteiger partial charge in [-0.1, -0.05) is 187 Å². The van der Waals surface area contributed by atoms with Gasteiger partial charge in [-0.25, -0.2) is 0 Å². The number of rotatable bonds is 7. The van der Waals surface area contributed by atoms with Crippen LogP contribution in [-0.2, 0) is 5.41 Å². The molecule has 0 radical (unpaired) electrons. The van der Waals surface area contributed by atoms with Crippen LogP contribution in [0.3, 0.4) is 0 Å². The molecule has 0 fully saturated rings. The third kappa shape index (κ3) is 7.30. The van der Waals surface area contributed by atoms with Gasteiger partial charge in [0.2, 0.25) is 0 Å². The summed E-state index contributed by atoms with van der Waals surface area (Å²) in [6.07, 6.45) is 6.44. The first-order valence-electron chi connectivity index (χ1n) is 21.0. The van der Waals surface area contributed by atoms with Gasteiger partial charge < -0.3 is 4.90 Å². The fourth-order valence-corrected chi connectivity index (χ4v) is 8.53. The Morgan fingerprint density at radius 3 is 1.76 bits per heavy atom. The van der Waals surface area contributed by atoms with Gasteiger partial charge in [0, 0.05) is 22.4 Å². The Kier molecular flexibility index (Phi) is 11.9. The quantitative estimate of drug-likeness (QED) is 0.116. The Morgan fingerprint density at radius 2 is 1.03 bits per heavy atom. The zero-order chi connectivity index (χ0) is 40.8. The third-order valence-electron chi connectivity index (χ3n) is 11.3. The predicted molar refractivity (Wildman–Crippen MR) is 256 cm³/mol. The molecule has 0 aromatic heterocycles. The van der Waals surface area contributed by atoms with E-state index in [1.165, 1.54) is 77.2 Å². The lowest BCUT2D eigenvalue weighted by Crippen LogP contribution is -2.17. The number of fused-ring (bicyclic) bond motifs is 6. The standard InChI is InChI=1S/C53H43N.2C2H6/c1-5-14-36(6-2)37-25-28-43(29-26-37)54(52-20-13-12-19-46(52)38-15-8-7-9-16-38)44-30-32-48-47-31-27-42(34-50(47)53(3,4)51(48)35-44)41-24-23-40-22-21-39-17-10-11-18-45(39)49(40)33-41;2*1-2/h5-35H,1-4H3;2*1-2H3/b14-5-,36-6+;;. The highest BCUT2D eigenvalue weighted by molar-refractivity contribution is 6.08. The van der Waals surface area contributed by atoms with Crippen LogP contribution in [0.15, 0.2) is 188 Å². The van der Waals surface area contributed by atoms with Crippen molar-refractivity contribution >= 4 is 44.2 Å². The zero-order valence-corrected chi connectivity index (χ0v) is 35.3. The van der Waals surface area contributed by atoms with Gasteiger partial charge in [0.25, 0.3) is 0 Å². The summed E-state index contributed by atoms with van der Waals surface area (Å²) in [7, 11) is 0. The average Bonchev–Trinajstić information content (AvgIpc) is 3.52. The fourth-order valence-electron chi connectivity index (χ4n) is 8.53. The van der Waals surface area contributed by atoms with Gasteiger partial charge in [-0.15, -0.1) is 0 Å². The van der Waals surface area contributed by atoms with E-state index in [4.69, 9.17) is 0 Å². The van der Waals surface area contributed by atoms with Crippen molar-refractivity contribution in [3.63, 3.8) is 0 Å². The van der Waals surface area contributed by atoms with E-state index in [1.807, 2.05) is 27.7 Å². The molecule has 8 aromatic rings. The van der Waals surface area contributed by atoms with E-state index >= 15 is 0 Å². The summed E-state index contributed by atoms with van der Waals surface area (Å²) in [5.41, 5.74) is 15.9. The Bertz CT molecular complexity index is 2750. The Morgan fingerprint density at radius 1 is 0.466 bits per heavy atom. The van der Waals surface area contributed by atoms with Crippen LogP contribution in [0.5, 0.6) is 0 Å². The summed E-state index contributed by atoms with van der Waals surface area (Å²) in [5.74, 6) is 0. The normalized spacial score (nSPS) is 12.7. The Hall–Kier alpha value is -6.44. The number of hydrogen-bond acceptors (Lipinski definition) is 1. The van der Waals surface area contributed by atoms with Crippen LogP contribution < -0.4 is 4.90 Å². The second-order valence-electron chi connectivity index (χ2n) is 14.8. The molecule has 0 heterocycles. The van der Waals surface area contributed by atoms with Crippen molar-refractivity contribution in [1.29, 1.82) is 0 Å². The lowest BCUT2D eigenvalue weighted by molar-refractivity contribution is 0.660. The molecule has 1 aliphatic carbocycles. The summed E-state index contributed by atoms with van der Waals surface area (Å²) in [6, 6.07) is 62.7. The molecule has 1 aliphatic rings. The fraction of sp³-hybridized carbons (Fsp3) is 0.158. The minimum atomic E-state index is -0.192. The minimum absolute atomic E-state index is 0.192. The number of para-hydroxylation sites is 1. The highest BCUT2D eigenvalue weighted by Crippen LogP contribution is 2.52. The first kappa shape index (κ1) is 39.8. The molecule has 1 nitrogen and oxygen atoms in total. The molecular formula is C57H55N. The summed E-state index contributed by atoms with van der Waals surface area (Å²) in [6.45, 7) is 16.9. The van der Waals surface area contributed by atoms with Crippen molar-refractivity contribution in [2.24, 2.45) is 0 Å². The molecule has 0 saturated heterocycles. The Labute approximate surface area is 346 Å². The van der Waals surface area contributed by atoms with E-state index in [1.54, 1.807) is 0 Å². The number of allylic oxidation sites excluding steroid dienone is 4. The van der Waals surface area contributed by atoms with E-state index in [2.05, 4.69) is 221 Å². The number of nitrogens with zero attached hydrogens (tertiary/aromatic N) is 1. The molecule has 0 saturated carbocycles. The van der Waals surface area contributed by atoms with Crippen LogP contribution in [0.4, 0.5) is 17.1 Å². The van der Waals surface area contributed by atoms with Crippen molar-refractivity contribution in [3.05, 3.63) is 205 Å². The van der Waals surface area contributed by atoms with E-state index in [0.29, 0.717) is 0 Å². The lowest BCUT2D eigenvalue weighted by Gasteiger charge is -2.30. The van der Waals surface area contributed by atoms with Gasteiger partial charge in [0.1, 0.15) is 0 Å². The molecular weight excluding hydrogens is 699 g/mol. The maximum atomic E-state index is 2.44. The lowest BCUT2D eigenvalue weighted by atomic mass is 9.81. The second-order valence-corrected chi connectivity index (χ2v) is 14.8. The first-order chi connectivity index (χ1) is 28.4. The molecule has 0 bridgehead atoms. The van der Waals surface area contributed by atoms with E-state index in [-0.39, 0.29) is 5.41 Å². The summed E-state index contributed by atoms with van der Waals surface area (Å²) in [4.78, 5) is 2.43. The van der Waals surface area contributed by atoms with Gasteiger partial charge in [0.15, 0.2) is 0 Å². The summed E-state index contributed by atoms with van der Waals surface area (Å²) >= 11 is 0. The first-order valence-corrected chi connectivity index (χ1v) is 21.0. The molecule has 288 valence electrons.